The van der Waals surface area contributed by atoms with Crippen molar-refractivity contribution >= 4 is 0 Å². The average Bonchev–Trinajstić information content (AvgIpc) is 2.17. The first kappa shape index (κ1) is 12.0. The van der Waals surface area contributed by atoms with E-state index >= 15 is 0 Å². The van der Waals surface area contributed by atoms with Crippen LogP contribution in [0.4, 0.5) is 0 Å². The van der Waals surface area contributed by atoms with Crippen molar-refractivity contribution in [2.45, 2.75) is 58.7 Å². The minimum absolute atomic E-state index is 0.104. The van der Waals surface area contributed by atoms with E-state index in [-0.39, 0.29) is 5.60 Å². The van der Waals surface area contributed by atoms with Crippen LogP contribution < -0.4 is 5.32 Å². The maximum absolute atomic E-state index is 6.13. The van der Waals surface area contributed by atoms with Crippen molar-refractivity contribution in [3.8, 4) is 0 Å². The molecule has 2 heteroatoms. The van der Waals surface area contributed by atoms with Gasteiger partial charge in [-0.1, -0.05) is 27.2 Å². The molecule has 1 aliphatic heterocycles. The Bertz CT molecular complexity index is 172. The van der Waals surface area contributed by atoms with Crippen molar-refractivity contribution in [2.24, 2.45) is 5.92 Å². The van der Waals surface area contributed by atoms with Crippen LogP contribution in [-0.2, 0) is 4.74 Å². The molecule has 0 bridgehead atoms. The molecule has 1 heterocycles. The van der Waals surface area contributed by atoms with E-state index in [1.807, 2.05) is 0 Å². The molecule has 0 aromatic rings. The summed E-state index contributed by atoms with van der Waals surface area (Å²) in [5.74, 6) is 0.766. The highest BCUT2D eigenvalue weighted by Gasteiger charge is 2.35. The average molecular weight is 199 g/mol. The second-order valence-electron chi connectivity index (χ2n) is 4.81. The summed E-state index contributed by atoms with van der Waals surface area (Å²) in [5, 5.41) is 3.48. The number of hydrogen-bond donors (Lipinski definition) is 1. The number of morpholine rings is 1. The lowest BCUT2D eigenvalue weighted by Crippen LogP contribution is -2.53. The first-order chi connectivity index (χ1) is 6.62. The molecular weight excluding hydrogens is 174 g/mol. The monoisotopic (exact) mass is 199 g/mol. The van der Waals surface area contributed by atoms with E-state index in [0.29, 0.717) is 6.10 Å². The first-order valence-electron chi connectivity index (χ1n) is 6.00. The van der Waals surface area contributed by atoms with Crippen LogP contribution >= 0.6 is 0 Å². The van der Waals surface area contributed by atoms with Crippen molar-refractivity contribution in [1.29, 1.82) is 0 Å². The highest BCUT2D eigenvalue weighted by atomic mass is 16.5. The summed E-state index contributed by atoms with van der Waals surface area (Å²) in [7, 11) is 0. The van der Waals surface area contributed by atoms with Crippen LogP contribution in [0.25, 0.3) is 0 Å². The van der Waals surface area contributed by atoms with E-state index in [1.54, 1.807) is 0 Å². The summed E-state index contributed by atoms with van der Waals surface area (Å²) >= 11 is 0. The molecule has 84 valence electrons. The second kappa shape index (κ2) is 5.13. The largest absolute Gasteiger partial charge is 0.369 e. The molecule has 1 fully saturated rings. The maximum Gasteiger partial charge on any atom is 0.0810 e. The van der Waals surface area contributed by atoms with Gasteiger partial charge in [0.1, 0.15) is 0 Å². The molecule has 0 aromatic heterocycles. The van der Waals surface area contributed by atoms with Crippen LogP contribution in [0.3, 0.4) is 0 Å². The first-order valence-corrected chi connectivity index (χ1v) is 6.00. The third-order valence-electron chi connectivity index (χ3n) is 3.39. The Morgan fingerprint density at radius 1 is 1.50 bits per heavy atom. The van der Waals surface area contributed by atoms with Crippen LogP contribution in [0.5, 0.6) is 0 Å². The number of rotatable bonds is 4. The summed E-state index contributed by atoms with van der Waals surface area (Å²) in [4.78, 5) is 0. The lowest BCUT2D eigenvalue weighted by molar-refractivity contribution is -0.121. The standard InChI is InChI=1S/C12H25NO/c1-5-10(3)7-12(6-2)9-13-8-11(4)14-12/h10-11,13H,5-9H2,1-4H3. The van der Waals surface area contributed by atoms with E-state index in [4.69, 9.17) is 4.74 Å². The van der Waals surface area contributed by atoms with Gasteiger partial charge in [0.05, 0.1) is 11.7 Å². The molecule has 1 N–H and O–H groups in total. The molecule has 2 nitrogen and oxygen atoms in total. The lowest BCUT2D eigenvalue weighted by atomic mass is 9.86. The number of ether oxygens (including phenoxy) is 1. The Kier molecular flexibility index (Phi) is 4.39. The molecule has 3 atom stereocenters. The van der Waals surface area contributed by atoms with Gasteiger partial charge in [-0.3, -0.25) is 0 Å². The Morgan fingerprint density at radius 2 is 2.21 bits per heavy atom. The molecule has 1 saturated heterocycles. The normalized spacial score (nSPS) is 35.6. The molecule has 0 aromatic carbocycles. The summed E-state index contributed by atoms with van der Waals surface area (Å²) in [6.45, 7) is 11.0. The van der Waals surface area contributed by atoms with Crippen molar-refractivity contribution in [3.05, 3.63) is 0 Å². The van der Waals surface area contributed by atoms with Gasteiger partial charge >= 0.3 is 0 Å². The highest BCUT2D eigenvalue weighted by molar-refractivity contribution is 4.88. The zero-order chi connectivity index (χ0) is 10.6. The zero-order valence-electron chi connectivity index (χ0n) is 10.1. The predicted octanol–water partition coefficient (Wildman–Crippen LogP) is 2.58. The number of nitrogens with one attached hydrogen (secondary N) is 1. The predicted molar refractivity (Wildman–Crippen MR) is 60.5 cm³/mol. The molecule has 0 amide bonds. The minimum atomic E-state index is 0.104. The van der Waals surface area contributed by atoms with Gasteiger partial charge in [0.2, 0.25) is 0 Å². The molecule has 0 saturated carbocycles. The lowest BCUT2D eigenvalue weighted by Gasteiger charge is -2.41. The van der Waals surface area contributed by atoms with Gasteiger partial charge in [-0.05, 0) is 25.7 Å². The molecule has 0 spiro atoms. The van der Waals surface area contributed by atoms with E-state index in [0.717, 1.165) is 25.4 Å². The third-order valence-corrected chi connectivity index (χ3v) is 3.39. The van der Waals surface area contributed by atoms with Gasteiger partial charge in [0.25, 0.3) is 0 Å². The van der Waals surface area contributed by atoms with Gasteiger partial charge in [-0.15, -0.1) is 0 Å². The SMILES string of the molecule is CCC(C)CC1(CC)CNCC(C)O1. The Hall–Kier alpha value is -0.0800. The van der Waals surface area contributed by atoms with Crippen molar-refractivity contribution in [3.63, 3.8) is 0 Å². The molecule has 0 aliphatic carbocycles. The van der Waals surface area contributed by atoms with Crippen LogP contribution in [0.15, 0.2) is 0 Å². The summed E-state index contributed by atoms with van der Waals surface area (Å²) in [6.07, 6.45) is 3.93. The summed E-state index contributed by atoms with van der Waals surface area (Å²) in [5.41, 5.74) is 0.104. The molecular formula is C12H25NO. The van der Waals surface area contributed by atoms with Gasteiger partial charge in [0.15, 0.2) is 0 Å². The smallest absolute Gasteiger partial charge is 0.0810 e. The summed E-state index contributed by atoms with van der Waals surface area (Å²) < 4.78 is 6.13. The molecule has 14 heavy (non-hydrogen) atoms. The Balaban J connectivity index is 2.55. The van der Waals surface area contributed by atoms with E-state index in [2.05, 4.69) is 33.0 Å². The fourth-order valence-electron chi connectivity index (χ4n) is 2.27. The van der Waals surface area contributed by atoms with Crippen LogP contribution in [0.1, 0.15) is 47.0 Å². The molecule has 0 radical (unpaired) electrons. The van der Waals surface area contributed by atoms with Crippen molar-refractivity contribution in [1.82, 2.24) is 5.32 Å². The quantitative estimate of drug-likeness (QED) is 0.751. The molecule has 1 rings (SSSR count). The van der Waals surface area contributed by atoms with Crippen LogP contribution in [-0.4, -0.2) is 24.8 Å². The summed E-state index contributed by atoms with van der Waals surface area (Å²) in [6, 6.07) is 0. The molecule has 1 aliphatic rings. The van der Waals surface area contributed by atoms with Gasteiger partial charge in [-0.2, -0.15) is 0 Å². The zero-order valence-corrected chi connectivity index (χ0v) is 10.1. The second-order valence-corrected chi connectivity index (χ2v) is 4.81. The fraction of sp³-hybridized carbons (Fsp3) is 1.00. The van der Waals surface area contributed by atoms with E-state index in [9.17, 15) is 0 Å². The van der Waals surface area contributed by atoms with Gasteiger partial charge in [0, 0.05) is 13.1 Å². The van der Waals surface area contributed by atoms with E-state index < -0.39 is 0 Å². The Morgan fingerprint density at radius 3 is 2.71 bits per heavy atom. The highest BCUT2D eigenvalue weighted by Crippen LogP contribution is 2.29. The third kappa shape index (κ3) is 2.96. The van der Waals surface area contributed by atoms with E-state index in [1.165, 1.54) is 12.8 Å². The van der Waals surface area contributed by atoms with Gasteiger partial charge in [-0.25, -0.2) is 0 Å². The topological polar surface area (TPSA) is 21.3 Å². The fourth-order valence-corrected chi connectivity index (χ4v) is 2.27. The molecule has 3 unspecified atom stereocenters. The van der Waals surface area contributed by atoms with Crippen LogP contribution in [0.2, 0.25) is 0 Å². The number of hydrogen-bond acceptors (Lipinski definition) is 2. The van der Waals surface area contributed by atoms with Crippen LogP contribution in [0, 0.1) is 5.92 Å². The van der Waals surface area contributed by atoms with Crippen molar-refractivity contribution in [2.75, 3.05) is 13.1 Å². The van der Waals surface area contributed by atoms with Gasteiger partial charge < -0.3 is 10.1 Å². The minimum Gasteiger partial charge on any atom is -0.369 e. The van der Waals surface area contributed by atoms with Crippen molar-refractivity contribution < 1.29 is 4.74 Å². The Labute approximate surface area is 88.4 Å². The maximum atomic E-state index is 6.13.